The average molecular weight is 380 g/mol. The van der Waals surface area contributed by atoms with E-state index in [1.165, 1.54) is 6.26 Å². The van der Waals surface area contributed by atoms with Gasteiger partial charge in [-0.1, -0.05) is 18.2 Å². The van der Waals surface area contributed by atoms with Crippen LogP contribution < -0.4 is 5.32 Å². The number of nitrogens with one attached hydrogen (secondary N) is 1. The summed E-state index contributed by atoms with van der Waals surface area (Å²) < 4.78 is 23.2. The molecule has 0 aliphatic rings. The third-order valence-electron chi connectivity index (χ3n) is 3.98. The number of benzene rings is 2. The highest BCUT2D eigenvalue weighted by atomic mass is 32.2. The second kappa shape index (κ2) is 6.63. The van der Waals surface area contributed by atoms with Gasteiger partial charge in [0.1, 0.15) is 6.07 Å². The Morgan fingerprint density at radius 1 is 1.00 bits per heavy atom. The van der Waals surface area contributed by atoms with Crippen molar-refractivity contribution in [1.29, 1.82) is 5.26 Å². The summed E-state index contributed by atoms with van der Waals surface area (Å²) in [6.45, 7) is 6.04. The molecule has 0 saturated carbocycles. The zero-order valence-electron chi connectivity index (χ0n) is 15.6. The Hall–Kier alpha value is -2.98. The van der Waals surface area contributed by atoms with Gasteiger partial charge in [-0.15, -0.1) is 10.2 Å². The quantitative estimate of drug-likeness (QED) is 0.743. The molecule has 0 amide bonds. The van der Waals surface area contributed by atoms with Gasteiger partial charge in [0.25, 0.3) is 0 Å². The van der Waals surface area contributed by atoms with E-state index in [9.17, 15) is 13.7 Å². The lowest BCUT2D eigenvalue weighted by molar-refractivity contribution is 0.602. The highest BCUT2D eigenvalue weighted by molar-refractivity contribution is 7.90. The first-order chi connectivity index (χ1) is 12.6. The van der Waals surface area contributed by atoms with Gasteiger partial charge in [0.15, 0.2) is 15.5 Å². The van der Waals surface area contributed by atoms with Crippen LogP contribution >= 0.6 is 0 Å². The molecule has 0 saturated heterocycles. The Balaban J connectivity index is 2.10. The van der Waals surface area contributed by atoms with Gasteiger partial charge in [0.05, 0.1) is 16.1 Å². The molecule has 1 N–H and O–H groups in total. The monoisotopic (exact) mass is 380 g/mol. The van der Waals surface area contributed by atoms with Crippen LogP contribution in [0.25, 0.3) is 22.0 Å². The molecule has 0 aliphatic carbocycles. The lowest BCUT2D eigenvalue weighted by atomic mass is 10.0. The number of nitriles is 1. The van der Waals surface area contributed by atoms with Crippen molar-refractivity contribution in [2.75, 3.05) is 11.6 Å². The third-order valence-corrected chi connectivity index (χ3v) is 5.11. The van der Waals surface area contributed by atoms with Crippen LogP contribution in [-0.4, -0.2) is 30.4 Å². The maximum atomic E-state index is 11.6. The number of fused-ring (bicyclic) bond motifs is 1. The number of anilines is 1. The fourth-order valence-electron chi connectivity index (χ4n) is 2.76. The topological polar surface area (TPSA) is 95.7 Å². The minimum absolute atomic E-state index is 0.234. The fraction of sp³-hybridized carbons (Fsp3) is 0.250. The van der Waals surface area contributed by atoms with Gasteiger partial charge in [-0.25, -0.2) is 8.42 Å². The van der Waals surface area contributed by atoms with Gasteiger partial charge in [0.2, 0.25) is 0 Å². The maximum absolute atomic E-state index is 11.6. The van der Waals surface area contributed by atoms with Crippen LogP contribution in [0.15, 0.2) is 47.4 Å². The third kappa shape index (κ3) is 4.07. The van der Waals surface area contributed by atoms with E-state index < -0.39 is 9.84 Å². The van der Waals surface area contributed by atoms with Crippen LogP contribution in [0.3, 0.4) is 0 Å². The molecule has 2 aromatic carbocycles. The number of rotatable bonds is 3. The molecule has 0 spiro atoms. The first kappa shape index (κ1) is 18.8. The number of sulfone groups is 1. The van der Waals surface area contributed by atoms with Crippen LogP contribution in [0.2, 0.25) is 0 Å². The van der Waals surface area contributed by atoms with Crippen LogP contribution in [0, 0.1) is 11.3 Å². The molecule has 0 radical (unpaired) electrons. The standard InChI is InChI=1S/C20H20N4O2S/c1-20(2,3)22-19-16-10-7-14(11-17(16)23-24-18(19)12-21)13-5-8-15(9-6-13)27(4,25)26/h5-11H,1-4H3,(H,22,23). The highest BCUT2D eigenvalue weighted by Gasteiger charge is 2.17. The van der Waals surface area contributed by atoms with Gasteiger partial charge in [-0.2, -0.15) is 5.26 Å². The van der Waals surface area contributed by atoms with Crippen molar-refractivity contribution >= 4 is 26.4 Å². The van der Waals surface area contributed by atoms with Crippen LogP contribution in [-0.2, 0) is 9.84 Å². The zero-order valence-corrected chi connectivity index (χ0v) is 16.4. The Kier molecular flexibility index (Phi) is 4.62. The summed E-state index contributed by atoms with van der Waals surface area (Å²) in [5.74, 6) is 0. The van der Waals surface area contributed by atoms with E-state index in [-0.39, 0.29) is 16.1 Å². The summed E-state index contributed by atoms with van der Waals surface area (Å²) in [4.78, 5) is 0.280. The zero-order chi connectivity index (χ0) is 19.8. The van der Waals surface area contributed by atoms with Gasteiger partial charge in [-0.05, 0) is 56.2 Å². The predicted molar refractivity (Wildman–Crippen MR) is 106 cm³/mol. The SMILES string of the molecule is CC(C)(C)Nc1c(C#N)nnc2cc(-c3ccc(S(C)(=O)=O)cc3)ccc12. The summed E-state index contributed by atoms with van der Waals surface area (Å²) >= 11 is 0. The molecule has 1 aromatic heterocycles. The molecule has 0 fully saturated rings. The highest BCUT2D eigenvalue weighted by Crippen LogP contribution is 2.30. The summed E-state index contributed by atoms with van der Waals surface area (Å²) in [6.07, 6.45) is 1.18. The number of hydrogen-bond acceptors (Lipinski definition) is 6. The van der Waals surface area contributed by atoms with Crippen molar-refractivity contribution < 1.29 is 8.42 Å². The molecule has 6 nitrogen and oxygen atoms in total. The smallest absolute Gasteiger partial charge is 0.186 e. The molecule has 1 heterocycles. The lowest BCUT2D eigenvalue weighted by Crippen LogP contribution is -2.27. The van der Waals surface area contributed by atoms with Crippen LogP contribution in [0.5, 0.6) is 0 Å². The Morgan fingerprint density at radius 2 is 1.63 bits per heavy atom. The summed E-state index contributed by atoms with van der Waals surface area (Å²) in [6, 6.07) is 14.5. The van der Waals surface area contributed by atoms with Crippen LogP contribution in [0.1, 0.15) is 26.5 Å². The van der Waals surface area contributed by atoms with Crippen molar-refractivity contribution in [2.45, 2.75) is 31.2 Å². The second-order valence-electron chi connectivity index (χ2n) is 7.44. The second-order valence-corrected chi connectivity index (χ2v) is 9.45. The van der Waals surface area contributed by atoms with Gasteiger partial charge in [0, 0.05) is 17.2 Å². The van der Waals surface area contributed by atoms with Crippen molar-refractivity contribution in [2.24, 2.45) is 0 Å². The molecule has 27 heavy (non-hydrogen) atoms. The van der Waals surface area contributed by atoms with E-state index in [1.54, 1.807) is 24.3 Å². The van der Waals surface area contributed by atoms with Crippen molar-refractivity contribution in [1.82, 2.24) is 10.2 Å². The normalized spacial score (nSPS) is 12.0. The van der Waals surface area contributed by atoms with Crippen molar-refractivity contribution in [3.63, 3.8) is 0 Å². The number of hydrogen-bond donors (Lipinski definition) is 1. The maximum Gasteiger partial charge on any atom is 0.186 e. The Bertz CT molecular complexity index is 1160. The molecular weight excluding hydrogens is 360 g/mol. The van der Waals surface area contributed by atoms with E-state index in [1.807, 2.05) is 39.0 Å². The number of aromatic nitrogens is 2. The van der Waals surface area contributed by atoms with Gasteiger partial charge >= 0.3 is 0 Å². The Morgan fingerprint density at radius 3 is 2.19 bits per heavy atom. The molecule has 0 bridgehead atoms. The minimum atomic E-state index is -3.23. The number of nitrogens with zero attached hydrogens (tertiary/aromatic N) is 3. The van der Waals surface area contributed by atoms with E-state index in [0.717, 1.165) is 16.5 Å². The van der Waals surface area contributed by atoms with E-state index in [0.29, 0.717) is 11.2 Å². The summed E-state index contributed by atoms with van der Waals surface area (Å²) in [5.41, 5.74) is 3.10. The molecule has 138 valence electrons. The lowest BCUT2D eigenvalue weighted by Gasteiger charge is -2.23. The van der Waals surface area contributed by atoms with Crippen LogP contribution in [0.4, 0.5) is 5.69 Å². The molecule has 3 rings (SSSR count). The van der Waals surface area contributed by atoms with E-state index in [2.05, 4.69) is 21.6 Å². The van der Waals surface area contributed by atoms with Gasteiger partial charge in [-0.3, -0.25) is 0 Å². The van der Waals surface area contributed by atoms with Crippen molar-refractivity contribution in [3.05, 3.63) is 48.2 Å². The first-order valence-electron chi connectivity index (χ1n) is 8.38. The molecule has 3 aromatic rings. The Labute approximate surface area is 158 Å². The first-order valence-corrected chi connectivity index (χ1v) is 10.3. The molecule has 0 aliphatic heterocycles. The van der Waals surface area contributed by atoms with Gasteiger partial charge < -0.3 is 5.32 Å². The predicted octanol–water partition coefficient (Wildman–Crippen LogP) is 3.78. The molecule has 0 atom stereocenters. The molecule has 0 unspecified atom stereocenters. The molecular formula is C20H20N4O2S. The van der Waals surface area contributed by atoms with Crippen molar-refractivity contribution in [3.8, 4) is 17.2 Å². The minimum Gasteiger partial charge on any atom is -0.377 e. The fourth-order valence-corrected chi connectivity index (χ4v) is 3.39. The average Bonchev–Trinajstić information content (AvgIpc) is 2.60. The summed E-state index contributed by atoms with van der Waals surface area (Å²) in [5, 5.41) is 21.7. The molecule has 7 heteroatoms. The summed E-state index contributed by atoms with van der Waals surface area (Å²) in [7, 11) is -3.23. The van der Waals surface area contributed by atoms with E-state index >= 15 is 0 Å². The van der Waals surface area contributed by atoms with E-state index in [4.69, 9.17) is 0 Å². The largest absolute Gasteiger partial charge is 0.377 e.